The number of ether oxygens (including phenoxy) is 1. The maximum absolute atomic E-state index is 13.3. The summed E-state index contributed by atoms with van der Waals surface area (Å²) in [6, 6.07) is 6.11. The van der Waals surface area contributed by atoms with Crippen LogP contribution in [0, 0.1) is 5.82 Å². The van der Waals surface area contributed by atoms with Gasteiger partial charge in [0, 0.05) is 12.6 Å². The van der Waals surface area contributed by atoms with Gasteiger partial charge >= 0.3 is 0 Å². The fourth-order valence-electron chi connectivity index (χ4n) is 1.30. The van der Waals surface area contributed by atoms with Crippen LogP contribution in [0.4, 0.5) is 4.39 Å². The van der Waals surface area contributed by atoms with Gasteiger partial charge in [0.1, 0.15) is 17.3 Å². The van der Waals surface area contributed by atoms with Crippen LogP contribution >= 0.6 is 27.5 Å². The highest BCUT2D eigenvalue weighted by Crippen LogP contribution is 2.33. The van der Waals surface area contributed by atoms with E-state index in [1.807, 2.05) is 0 Å². The Morgan fingerprint density at radius 3 is 2.78 bits per heavy atom. The number of pyridine rings is 1. The average Bonchev–Trinajstić information content (AvgIpc) is 2.37. The Bertz CT molecular complexity index is 563. The van der Waals surface area contributed by atoms with E-state index in [9.17, 15) is 4.39 Å². The molecule has 2 rings (SSSR count). The Hall–Kier alpha value is -1.17. The summed E-state index contributed by atoms with van der Waals surface area (Å²) in [6.07, 6.45) is 1.53. The standard InChI is InChI=1S/C12H9BrClFN2O/c13-9-3-10(14)11(15)4-12(9)18-8-2-1-7(5-16)17-6-8/h1-4,6H,5,16H2. The molecule has 0 atom stereocenters. The van der Waals surface area contributed by atoms with Crippen molar-refractivity contribution in [3.8, 4) is 11.5 Å². The zero-order chi connectivity index (χ0) is 13.1. The largest absolute Gasteiger partial charge is 0.454 e. The number of aromatic nitrogens is 1. The van der Waals surface area contributed by atoms with E-state index >= 15 is 0 Å². The van der Waals surface area contributed by atoms with Crippen molar-refractivity contribution in [3.63, 3.8) is 0 Å². The number of benzene rings is 1. The second kappa shape index (κ2) is 5.65. The van der Waals surface area contributed by atoms with Crippen molar-refractivity contribution in [1.29, 1.82) is 0 Å². The lowest BCUT2D eigenvalue weighted by molar-refractivity contribution is 0.471. The van der Waals surface area contributed by atoms with Crippen LogP contribution in [0.5, 0.6) is 11.5 Å². The van der Waals surface area contributed by atoms with E-state index in [2.05, 4.69) is 20.9 Å². The van der Waals surface area contributed by atoms with Crippen molar-refractivity contribution in [3.05, 3.63) is 51.5 Å². The quantitative estimate of drug-likeness (QED) is 0.868. The molecule has 0 aliphatic rings. The SMILES string of the molecule is NCc1ccc(Oc2cc(F)c(Cl)cc2Br)cn1. The topological polar surface area (TPSA) is 48.1 Å². The monoisotopic (exact) mass is 330 g/mol. The van der Waals surface area contributed by atoms with Crippen molar-refractivity contribution < 1.29 is 9.13 Å². The molecule has 0 spiro atoms. The first-order chi connectivity index (χ1) is 8.60. The van der Waals surface area contributed by atoms with Gasteiger partial charge in [-0.15, -0.1) is 0 Å². The minimum Gasteiger partial charge on any atom is -0.454 e. The predicted octanol–water partition coefficient (Wildman–Crippen LogP) is 3.89. The molecule has 3 nitrogen and oxygen atoms in total. The van der Waals surface area contributed by atoms with Crippen molar-refractivity contribution >= 4 is 27.5 Å². The van der Waals surface area contributed by atoms with E-state index < -0.39 is 5.82 Å². The summed E-state index contributed by atoms with van der Waals surface area (Å²) < 4.78 is 19.4. The molecule has 2 N–H and O–H groups in total. The third-order valence-corrected chi connectivity index (χ3v) is 3.12. The Morgan fingerprint density at radius 1 is 1.39 bits per heavy atom. The average molecular weight is 332 g/mol. The number of nitrogens with zero attached hydrogens (tertiary/aromatic N) is 1. The van der Waals surface area contributed by atoms with Crippen LogP contribution in [0.15, 0.2) is 34.9 Å². The zero-order valence-electron chi connectivity index (χ0n) is 9.16. The smallest absolute Gasteiger partial charge is 0.145 e. The summed E-state index contributed by atoms with van der Waals surface area (Å²) in [4.78, 5) is 4.08. The molecule has 18 heavy (non-hydrogen) atoms. The second-order valence-corrected chi connectivity index (χ2v) is 4.75. The summed E-state index contributed by atoms with van der Waals surface area (Å²) in [6.45, 7) is 0.361. The third kappa shape index (κ3) is 2.98. The van der Waals surface area contributed by atoms with Crippen LogP contribution in [-0.2, 0) is 6.54 Å². The number of nitrogens with two attached hydrogens (primary N) is 1. The van der Waals surface area contributed by atoms with Crippen LogP contribution in [0.1, 0.15) is 5.69 Å². The van der Waals surface area contributed by atoms with E-state index in [1.165, 1.54) is 18.3 Å². The van der Waals surface area contributed by atoms with E-state index in [4.69, 9.17) is 22.1 Å². The third-order valence-electron chi connectivity index (χ3n) is 2.21. The molecule has 0 fully saturated rings. The van der Waals surface area contributed by atoms with Crippen LogP contribution in [0.3, 0.4) is 0 Å². The minimum absolute atomic E-state index is 0.0332. The van der Waals surface area contributed by atoms with Gasteiger partial charge in [-0.2, -0.15) is 0 Å². The minimum atomic E-state index is -0.540. The molecule has 0 aliphatic heterocycles. The molecule has 0 saturated carbocycles. The van der Waals surface area contributed by atoms with E-state index in [0.717, 1.165) is 5.69 Å². The van der Waals surface area contributed by atoms with Gasteiger partial charge in [-0.05, 0) is 34.1 Å². The van der Waals surface area contributed by atoms with Crippen molar-refractivity contribution in [2.45, 2.75) is 6.54 Å². The molecule has 0 radical (unpaired) electrons. The molecule has 6 heteroatoms. The van der Waals surface area contributed by atoms with Gasteiger partial charge in [0.2, 0.25) is 0 Å². The number of rotatable bonds is 3. The summed E-state index contributed by atoms with van der Waals surface area (Å²) in [5, 5.41) is 0.0332. The first-order valence-electron chi connectivity index (χ1n) is 5.07. The molecule has 0 aliphatic carbocycles. The number of hydrogen-bond donors (Lipinski definition) is 1. The fraction of sp³-hybridized carbons (Fsp3) is 0.0833. The van der Waals surface area contributed by atoms with Gasteiger partial charge in [-0.3, -0.25) is 4.98 Å². The summed E-state index contributed by atoms with van der Waals surface area (Å²) in [7, 11) is 0. The van der Waals surface area contributed by atoms with E-state index in [1.54, 1.807) is 12.1 Å². The van der Waals surface area contributed by atoms with Gasteiger partial charge < -0.3 is 10.5 Å². The Labute approximate surface area is 117 Å². The van der Waals surface area contributed by atoms with Crippen molar-refractivity contribution in [1.82, 2.24) is 4.98 Å². The van der Waals surface area contributed by atoms with Crippen molar-refractivity contribution in [2.75, 3.05) is 0 Å². The molecule has 2 aromatic rings. The van der Waals surface area contributed by atoms with Gasteiger partial charge in [0.05, 0.1) is 21.4 Å². The van der Waals surface area contributed by atoms with Crippen LogP contribution in [0.2, 0.25) is 5.02 Å². The maximum atomic E-state index is 13.3. The lowest BCUT2D eigenvalue weighted by Gasteiger charge is -2.08. The van der Waals surface area contributed by atoms with E-state index in [0.29, 0.717) is 22.5 Å². The second-order valence-electron chi connectivity index (χ2n) is 3.49. The molecule has 94 valence electrons. The molecule has 1 aromatic carbocycles. The van der Waals surface area contributed by atoms with Crippen LogP contribution < -0.4 is 10.5 Å². The molecule has 0 saturated heterocycles. The Morgan fingerprint density at radius 2 is 2.17 bits per heavy atom. The Balaban J connectivity index is 2.25. The molecule has 0 bridgehead atoms. The highest BCUT2D eigenvalue weighted by atomic mass is 79.9. The fourth-order valence-corrected chi connectivity index (χ4v) is 2.02. The lowest BCUT2D eigenvalue weighted by Crippen LogP contribution is -1.98. The summed E-state index contributed by atoms with van der Waals surface area (Å²) in [5.74, 6) is 0.287. The van der Waals surface area contributed by atoms with Gasteiger partial charge in [-0.25, -0.2) is 4.39 Å². The molecular formula is C12H9BrClFN2O. The highest BCUT2D eigenvalue weighted by Gasteiger charge is 2.09. The summed E-state index contributed by atoms with van der Waals surface area (Å²) in [5.41, 5.74) is 6.19. The number of halogens is 3. The normalized spacial score (nSPS) is 10.4. The van der Waals surface area contributed by atoms with Crippen molar-refractivity contribution in [2.24, 2.45) is 5.73 Å². The Kier molecular flexibility index (Phi) is 4.16. The number of hydrogen-bond acceptors (Lipinski definition) is 3. The molecule has 1 aromatic heterocycles. The van der Waals surface area contributed by atoms with Gasteiger partial charge in [0.15, 0.2) is 0 Å². The molecule has 0 amide bonds. The maximum Gasteiger partial charge on any atom is 0.145 e. The lowest BCUT2D eigenvalue weighted by atomic mass is 10.3. The molecular weight excluding hydrogens is 322 g/mol. The molecule has 0 unspecified atom stereocenters. The van der Waals surface area contributed by atoms with Gasteiger partial charge in [-0.1, -0.05) is 11.6 Å². The van der Waals surface area contributed by atoms with E-state index in [-0.39, 0.29) is 5.02 Å². The predicted molar refractivity (Wildman–Crippen MR) is 71.3 cm³/mol. The first kappa shape index (κ1) is 13.3. The zero-order valence-corrected chi connectivity index (χ0v) is 11.5. The highest BCUT2D eigenvalue weighted by molar-refractivity contribution is 9.10. The van der Waals surface area contributed by atoms with Crippen LogP contribution in [-0.4, -0.2) is 4.98 Å². The van der Waals surface area contributed by atoms with Gasteiger partial charge in [0.25, 0.3) is 0 Å². The summed E-state index contributed by atoms with van der Waals surface area (Å²) >= 11 is 8.89. The first-order valence-corrected chi connectivity index (χ1v) is 6.24. The van der Waals surface area contributed by atoms with Crippen LogP contribution in [0.25, 0.3) is 0 Å². The molecule has 1 heterocycles.